The molecule has 29 heavy (non-hydrogen) atoms. The Morgan fingerprint density at radius 2 is 1.86 bits per heavy atom. The molecule has 0 aliphatic heterocycles. The van der Waals surface area contributed by atoms with Gasteiger partial charge in [0, 0.05) is 18.0 Å². The molecule has 0 spiro atoms. The number of nitrogens with one attached hydrogen (secondary N) is 3. The number of anilines is 1. The molecular formula is C20H22FN5O3. The first-order chi connectivity index (χ1) is 13.8. The van der Waals surface area contributed by atoms with Crippen LogP contribution in [0.1, 0.15) is 41.8 Å². The van der Waals surface area contributed by atoms with E-state index in [0.717, 1.165) is 5.56 Å². The molecule has 0 unspecified atom stereocenters. The van der Waals surface area contributed by atoms with E-state index in [2.05, 4.69) is 25.9 Å². The molecule has 2 heterocycles. The number of halogens is 1. The molecule has 0 saturated carbocycles. The Labute approximate surface area is 166 Å². The molecule has 3 N–H and O–H groups in total. The van der Waals surface area contributed by atoms with Crippen LogP contribution in [-0.4, -0.2) is 29.0 Å². The van der Waals surface area contributed by atoms with Gasteiger partial charge in [0.25, 0.3) is 5.91 Å². The first kappa shape index (κ1) is 20.2. The van der Waals surface area contributed by atoms with Gasteiger partial charge in [0.15, 0.2) is 0 Å². The normalized spacial score (nSPS) is 12.1. The summed E-state index contributed by atoms with van der Waals surface area (Å²) in [6.45, 7) is 5.72. The fourth-order valence-electron chi connectivity index (χ4n) is 2.97. The van der Waals surface area contributed by atoms with E-state index >= 15 is 0 Å². The van der Waals surface area contributed by atoms with Crippen LogP contribution in [0.2, 0.25) is 0 Å². The van der Waals surface area contributed by atoms with Crippen LogP contribution < -0.4 is 16.0 Å². The minimum Gasteiger partial charge on any atom is -0.459 e. The van der Waals surface area contributed by atoms with Gasteiger partial charge in [-0.2, -0.15) is 0 Å². The Morgan fingerprint density at radius 1 is 1.17 bits per heavy atom. The second kappa shape index (κ2) is 8.26. The number of fused-ring (bicyclic) bond motifs is 1. The van der Waals surface area contributed by atoms with E-state index in [1.54, 1.807) is 6.07 Å². The summed E-state index contributed by atoms with van der Waals surface area (Å²) in [5.74, 6) is -0.181. The first-order valence-electron chi connectivity index (χ1n) is 9.10. The van der Waals surface area contributed by atoms with Gasteiger partial charge in [-0.05, 0) is 31.0 Å². The standard InChI is InChI=1S/C20H22FN5O3/c1-10(2)16(17-11(3)14-7-12(21)5-6-15(14)29-17)26-20(28)25-13-8-23-18(24-9-13)19(27)22-4/h5-10,16H,1-4H3,(H,22,27)(H2,25,26,28)/t16-/m1/s1. The SMILES string of the molecule is CNC(=O)c1ncc(NC(=O)N[C@@H](c2oc3ccc(F)cc3c2C)C(C)C)cn1. The second-order valence-corrected chi connectivity index (χ2v) is 6.93. The highest BCUT2D eigenvalue weighted by Crippen LogP contribution is 2.33. The third kappa shape index (κ3) is 4.34. The molecule has 9 heteroatoms. The van der Waals surface area contributed by atoms with Crippen LogP contribution in [0.5, 0.6) is 0 Å². The second-order valence-electron chi connectivity index (χ2n) is 6.93. The Bertz CT molecular complexity index is 1050. The topological polar surface area (TPSA) is 109 Å². The van der Waals surface area contributed by atoms with Crippen LogP contribution in [0, 0.1) is 18.7 Å². The van der Waals surface area contributed by atoms with E-state index in [4.69, 9.17) is 4.42 Å². The smallest absolute Gasteiger partial charge is 0.319 e. The molecule has 2 aromatic heterocycles. The Kier molecular flexibility index (Phi) is 5.76. The molecule has 152 valence electrons. The van der Waals surface area contributed by atoms with Crippen molar-refractivity contribution < 1.29 is 18.4 Å². The minimum atomic E-state index is -0.481. The largest absolute Gasteiger partial charge is 0.459 e. The maximum absolute atomic E-state index is 13.6. The maximum Gasteiger partial charge on any atom is 0.319 e. The molecule has 3 amide bonds. The molecule has 0 aliphatic carbocycles. The number of amides is 3. The first-order valence-corrected chi connectivity index (χ1v) is 9.10. The number of hydrogen-bond donors (Lipinski definition) is 3. The van der Waals surface area contributed by atoms with Gasteiger partial charge in [-0.3, -0.25) is 4.79 Å². The van der Waals surface area contributed by atoms with Crippen molar-refractivity contribution >= 4 is 28.6 Å². The van der Waals surface area contributed by atoms with Crippen molar-refractivity contribution in [1.29, 1.82) is 0 Å². The monoisotopic (exact) mass is 399 g/mol. The van der Waals surface area contributed by atoms with Crippen LogP contribution in [0.4, 0.5) is 14.9 Å². The highest BCUT2D eigenvalue weighted by atomic mass is 19.1. The van der Waals surface area contributed by atoms with Crippen LogP contribution in [0.15, 0.2) is 35.0 Å². The van der Waals surface area contributed by atoms with Gasteiger partial charge in [-0.1, -0.05) is 13.8 Å². The maximum atomic E-state index is 13.6. The van der Waals surface area contributed by atoms with Crippen molar-refractivity contribution in [3.05, 3.63) is 53.6 Å². The van der Waals surface area contributed by atoms with Crippen LogP contribution >= 0.6 is 0 Å². The lowest BCUT2D eigenvalue weighted by atomic mass is 9.98. The summed E-state index contributed by atoms with van der Waals surface area (Å²) in [5.41, 5.74) is 1.67. The van der Waals surface area contributed by atoms with Crippen molar-refractivity contribution in [3.8, 4) is 0 Å². The molecular weight excluding hydrogens is 377 g/mol. The number of hydrogen-bond acceptors (Lipinski definition) is 5. The van der Waals surface area contributed by atoms with Gasteiger partial charge in [0.1, 0.15) is 17.2 Å². The zero-order valence-electron chi connectivity index (χ0n) is 16.5. The lowest BCUT2D eigenvalue weighted by Crippen LogP contribution is -2.35. The van der Waals surface area contributed by atoms with Crippen LogP contribution in [0.25, 0.3) is 11.0 Å². The fraction of sp³-hybridized carbons (Fsp3) is 0.300. The predicted molar refractivity (Wildman–Crippen MR) is 106 cm³/mol. The van der Waals surface area contributed by atoms with Crippen molar-refractivity contribution in [1.82, 2.24) is 20.6 Å². The number of aromatic nitrogens is 2. The summed E-state index contributed by atoms with van der Waals surface area (Å²) in [7, 11) is 1.48. The molecule has 3 aromatic rings. The Balaban J connectivity index is 1.78. The Morgan fingerprint density at radius 3 is 2.48 bits per heavy atom. The molecule has 0 radical (unpaired) electrons. The lowest BCUT2D eigenvalue weighted by Gasteiger charge is -2.21. The zero-order chi connectivity index (χ0) is 21.1. The summed E-state index contributed by atoms with van der Waals surface area (Å²) < 4.78 is 19.5. The number of furan rings is 1. The average Bonchev–Trinajstić information content (AvgIpc) is 3.01. The number of carbonyl (C=O) groups is 2. The van der Waals surface area contributed by atoms with Gasteiger partial charge in [-0.25, -0.2) is 19.2 Å². The molecule has 0 bridgehead atoms. The highest BCUT2D eigenvalue weighted by molar-refractivity contribution is 5.91. The van der Waals surface area contributed by atoms with Crippen molar-refractivity contribution in [2.45, 2.75) is 26.8 Å². The summed E-state index contributed by atoms with van der Waals surface area (Å²) >= 11 is 0. The summed E-state index contributed by atoms with van der Waals surface area (Å²) in [5, 5.41) is 8.60. The molecule has 1 atom stereocenters. The molecule has 0 saturated heterocycles. The zero-order valence-corrected chi connectivity index (χ0v) is 16.5. The number of rotatable bonds is 5. The van der Waals surface area contributed by atoms with Gasteiger partial charge in [-0.15, -0.1) is 0 Å². The fourth-order valence-corrected chi connectivity index (χ4v) is 2.97. The average molecular weight is 399 g/mol. The molecule has 1 aromatic carbocycles. The van der Waals surface area contributed by atoms with E-state index in [1.807, 2.05) is 20.8 Å². The summed E-state index contributed by atoms with van der Waals surface area (Å²) in [4.78, 5) is 31.8. The number of urea groups is 1. The molecule has 8 nitrogen and oxygen atoms in total. The van der Waals surface area contributed by atoms with Crippen molar-refractivity contribution in [2.75, 3.05) is 12.4 Å². The van der Waals surface area contributed by atoms with Gasteiger partial charge in [0.2, 0.25) is 5.82 Å². The predicted octanol–water partition coefficient (Wildman–Crippen LogP) is 3.55. The third-order valence-electron chi connectivity index (χ3n) is 4.51. The van der Waals surface area contributed by atoms with Crippen molar-refractivity contribution in [3.63, 3.8) is 0 Å². The van der Waals surface area contributed by atoms with E-state index in [-0.39, 0.29) is 17.6 Å². The third-order valence-corrected chi connectivity index (χ3v) is 4.51. The quantitative estimate of drug-likeness (QED) is 0.608. The molecule has 0 fully saturated rings. The summed E-state index contributed by atoms with van der Waals surface area (Å²) in [6.07, 6.45) is 2.69. The number of aryl methyl sites for hydroxylation is 1. The van der Waals surface area contributed by atoms with E-state index in [1.165, 1.54) is 31.6 Å². The van der Waals surface area contributed by atoms with E-state index in [9.17, 15) is 14.0 Å². The number of benzene rings is 1. The van der Waals surface area contributed by atoms with Gasteiger partial charge in [0.05, 0.1) is 24.1 Å². The molecule has 3 rings (SSSR count). The summed E-state index contributed by atoms with van der Waals surface area (Å²) in [6, 6.07) is 3.41. The van der Waals surface area contributed by atoms with Crippen molar-refractivity contribution in [2.24, 2.45) is 5.92 Å². The number of carbonyl (C=O) groups excluding carboxylic acids is 2. The molecule has 0 aliphatic rings. The number of nitrogens with zero attached hydrogens (tertiary/aromatic N) is 2. The van der Waals surface area contributed by atoms with E-state index in [0.29, 0.717) is 22.4 Å². The van der Waals surface area contributed by atoms with Crippen LogP contribution in [-0.2, 0) is 0 Å². The lowest BCUT2D eigenvalue weighted by molar-refractivity contribution is 0.0953. The van der Waals surface area contributed by atoms with Gasteiger partial charge >= 0.3 is 6.03 Å². The van der Waals surface area contributed by atoms with E-state index < -0.39 is 18.0 Å². The Hall–Kier alpha value is -3.49. The van der Waals surface area contributed by atoms with Crippen LogP contribution in [0.3, 0.4) is 0 Å². The highest BCUT2D eigenvalue weighted by Gasteiger charge is 2.25. The van der Waals surface area contributed by atoms with Gasteiger partial charge < -0.3 is 20.4 Å². The minimum absolute atomic E-state index is 0.00338.